The van der Waals surface area contributed by atoms with Crippen LogP contribution in [0.4, 0.5) is 32.4 Å². The first-order valence-corrected chi connectivity index (χ1v) is 16.1. The largest absolute Gasteiger partial charge is 0.453 e. The van der Waals surface area contributed by atoms with Crippen molar-refractivity contribution in [3.8, 4) is 22.1 Å². The van der Waals surface area contributed by atoms with E-state index in [4.69, 9.17) is 19.9 Å². The number of anilines is 1. The number of rotatable bonds is 17. The summed E-state index contributed by atoms with van der Waals surface area (Å²) in [6, 6.07) is 9.71. The average molecular weight is 719 g/mol. The van der Waals surface area contributed by atoms with Crippen molar-refractivity contribution in [2.45, 2.75) is 19.6 Å². The predicted octanol–water partition coefficient (Wildman–Crippen LogP) is 7.37. The summed E-state index contributed by atoms with van der Waals surface area (Å²) in [6.45, 7) is 7.92. The molecule has 0 unspecified atom stereocenters. The minimum absolute atomic E-state index is 0.0669. The van der Waals surface area contributed by atoms with E-state index in [1.54, 1.807) is 12.3 Å². The Morgan fingerprint density at radius 1 is 1.04 bits per heavy atom. The first kappa shape index (κ1) is 38.1. The fourth-order valence-corrected chi connectivity index (χ4v) is 5.26. The van der Waals surface area contributed by atoms with Crippen molar-refractivity contribution >= 4 is 33.3 Å². The van der Waals surface area contributed by atoms with Gasteiger partial charge in [-0.15, -0.1) is 11.3 Å². The number of ether oxygens (including phenoxy) is 3. The zero-order valence-electron chi connectivity index (χ0n) is 26.9. The molecule has 0 bridgehead atoms. The van der Waals surface area contributed by atoms with Crippen molar-refractivity contribution in [3.63, 3.8) is 0 Å². The van der Waals surface area contributed by atoms with Crippen molar-refractivity contribution < 1.29 is 41.0 Å². The molecular formula is C34H35F5N6O4S. The highest BCUT2D eigenvalue weighted by atomic mass is 32.1. The number of hydrogen-bond acceptors (Lipinski definition) is 9. The summed E-state index contributed by atoms with van der Waals surface area (Å²) in [4.78, 5) is 22.2. The van der Waals surface area contributed by atoms with E-state index in [2.05, 4.69) is 27.2 Å². The fourth-order valence-electron chi connectivity index (χ4n) is 4.22. The molecule has 4 rings (SSSR count). The lowest BCUT2D eigenvalue weighted by atomic mass is 10.2. The van der Waals surface area contributed by atoms with Crippen LogP contribution < -0.4 is 26.4 Å². The van der Waals surface area contributed by atoms with Gasteiger partial charge in [0.25, 0.3) is 0 Å². The molecule has 50 heavy (non-hydrogen) atoms. The lowest BCUT2D eigenvalue weighted by molar-refractivity contribution is -0.0879. The summed E-state index contributed by atoms with van der Waals surface area (Å²) in [5.74, 6) is -1.81. The van der Waals surface area contributed by atoms with Gasteiger partial charge in [0, 0.05) is 49.8 Å². The number of pyridine rings is 2. The number of carbonyl (C=O) groups is 1. The van der Waals surface area contributed by atoms with Gasteiger partial charge in [-0.05, 0) is 48.9 Å². The highest BCUT2D eigenvalue weighted by molar-refractivity contribution is 7.22. The second kappa shape index (κ2) is 18.3. The van der Waals surface area contributed by atoms with Crippen LogP contribution in [0.3, 0.4) is 0 Å². The second-order valence-corrected chi connectivity index (χ2v) is 11.5. The van der Waals surface area contributed by atoms with E-state index in [0.717, 1.165) is 28.3 Å². The second-order valence-electron chi connectivity index (χ2n) is 10.4. The number of alkyl halides is 3. The molecule has 10 nitrogen and oxygen atoms in total. The molecule has 3 aromatic heterocycles. The Balaban J connectivity index is 1.36. The summed E-state index contributed by atoms with van der Waals surface area (Å²) in [7, 11) is 0. The zero-order chi connectivity index (χ0) is 36.1. The molecule has 0 fully saturated rings. The van der Waals surface area contributed by atoms with Gasteiger partial charge >= 0.3 is 12.2 Å². The average Bonchev–Trinajstić information content (AvgIpc) is 3.53. The number of nitrogens with zero attached hydrogens (tertiary/aromatic N) is 2. The van der Waals surface area contributed by atoms with Gasteiger partial charge in [0.1, 0.15) is 11.6 Å². The molecule has 16 heteroatoms. The number of thiophene rings is 1. The number of amides is 2. The maximum atomic E-state index is 15.1. The number of urea groups is 1. The molecule has 2 amide bonds. The molecule has 0 atom stereocenters. The van der Waals surface area contributed by atoms with E-state index < -0.39 is 35.1 Å². The molecular weight excluding hydrogens is 683 g/mol. The zero-order valence-corrected chi connectivity index (χ0v) is 27.7. The van der Waals surface area contributed by atoms with Crippen LogP contribution in [0.5, 0.6) is 11.5 Å². The van der Waals surface area contributed by atoms with Gasteiger partial charge in [0.05, 0.1) is 58.5 Å². The van der Waals surface area contributed by atoms with E-state index in [1.807, 2.05) is 23.5 Å². The first-order chi connectivity index (χ1) is 24.0. The van der Waals surface area contributed by atoms with Crippen molar-refractivity contribution in [3.05, 3.63) is 102 Å². The van der Waals surface area contributed by atoms with E-state index >= 15 is 4.39 Å². The lowest BCUT2D eigenvalue weighted by Gasteiger charge is -2.13. The van der Waals surface area contributed by atoms with Crippen molar-refractivity contribution in [1.29, 1.82) is 0 Å². The van der Waals surface area contributed by atoms with Crippen LogP contribution in [0.1, 0.15) is 12.5 Å². The molecule has 0 aliphatic rings. The molecule has 1 aromatic carbocycles. The highest BCUT2D eigenvalue weighted by Gasteiger charge is 2.31. The maximum absolute atomic E-state index is 15.1. The van der Waals surface area contributed by atoms with Crippen LogP contribution in [-0.4, -0.2) is 61.7 Å². The third kappa shape index (κ3) is 11.1. The number of carbonyl (C=O) groups excluding carboxylic acids is 1. The summed E-state index contributed by atoms with van der Waals surface area (Å²) in [6.07, 6.45) is -0.320. The highest BCUT2D eigenvalue weighted by Crippen LogP contribution is 2.39. The topological polar surface area (TPSA) is 133 Å². The summed E-state index contributed by atoms with van der Waals surface area (Å²) in [5.41, 5.74) is 5.48. The molecule has 0 spiro atoms. The Morgan fingerprint density at radius 2 is 1.82 bits per heavy atom. The number of aromatic nitrogens is 2. The molecule has 5 N–H and O–H groups in total. The van der Waals surface area contributed by atoms with E-state index in [1.165, 1.54) is 36.6 Å². The molecule has 0 aliphatic carbocycles. The van der Waals surface area contributed by atoms with Crippen LogP contribution in [0.25, 0.3) is 20.8 Å². The van der Waals surface area contributed by atoms with Gasteiger partial charge in [0.15, 0.2) is 11.6 Å². The minimum Gasteiger partial charge on any atom is -0.453 e. The fraction of sp³-hybridized carbons (Fsp3) is 0.265. The normalized spacial score (nSPS) is 12.3. The van der Waals surface area contributed by atoms with Gasteiger partial charge in [-0.1, -0.05) is 12.6 Å². The number of hydrogen-bond donors (Lipinski definition) is 4. The molecule has 266 valence electrons. The van der Waals surface area contributed by atoms with Gasteiger partial charge < -0.3 is 35.9 Å². The van der Waals surface area contributed by atoms with Crippen molar-refractivity contribution in [2.75, 3.05) is 44.8 Å². The van der Waals surface area contributed by atoms with E-state index in [9.17, 15) is 22.4 Å². The van der Waals surface area contributed by atoms with Crippen LogP contribution in [0.15, 0.2) is 90.7 Å². The lowest BCUT2D eigenvalue weighted by Crippen LogP contribution is -2.29. The Hall–Kier alpha value is -4.74. The van der Waals surface area contributed by atoms with Crippen LogP contribution in [-0.2, 0) is 16.0 Å². The number of fused-ring (bicyclic) bond motifs is 1. The van der Waals surface area contributed by atoms with Crippen LogP contribution in [0, 0.1) is 5.82 Å². The summed E-state index contributed by atoms with van der Waals surface area (Å²) in [5, 5.41) is 7.53. The number of allylic oxidation sites excluding steroid dienone is 4. The standard InChI is InChI=1S/C34H35F5N6O4S/c1-3-24(35)27(16-21(2)34(37,38)39)45-33(46)44-23-5-7-29(25(36)17-23)49-30-8-10-42-28-18-31(50-32(28)30)26-6-4-22(20-43-26)19-41-11-13-48-15-14-47-12-9-40/h3-8,10,16-18,20,41H,2,9,11-15,19,40H2,1H3,(H2,44,45,46)/b24-3+,27-16+. The number of nitrogens with one attached hydrogen (secondary N) is 3. The SMILES string of the molecule is C=C(/C=C(NC(=O)Nc1ccc(Oc2ccnc3cc(-c4ccc(CNCCOCCOCCN)cn4)sc23)c(F)c1)\C(F)=C/C)C(F)(F)F. The minimum atomic E-state index is -4.83. The van der Waals surface area contributed by atoms with Gasteiger partial charge in [-0.25, -0.2) is 13.6 Å². The molecule has 0 aliphatic heterocycles. The summed E-state index contributed by atoms with van der Waals surface area (Å²) < 4.78 is 85.2. The first-order valence-electron chi connectivity index (χ1n) is 15.2. The van der Waals surface area contributed by atoms with Crippen molar-refractivity contribution in [1.82, 2.24) is 20.6 Å². The molecule has 0 saturated carbocycles. The predicted molar refractivity (Wildman–Crippen MR) is 182 cm³/mol. The number of benzene rings is 1. The van der Waals surface area contributed by atoms with Crippen molar-refractivity contribution in [2.24, 2.45) is 5.73 Å². The van der Waals surface area contributed by atoms with Crippen LogP contribution in [0.2, 0.25) is 0 Å². The Bertz CT molecular complexity index is 1830. The molecule has 3 heterocycles. The molecule has 4 aromatic rings. The van der Waals surface area contributed by atoms with Gasteiger partial charge in [-0.2, -0.15) is 13.2 Å². The Morgan fingerprint density at radius 3 is 2.50 bits per heavy atom. The Kier molecular flexibility index (Phi) is 13.9. The Labute approximate surface area is 288 Å². The van der Waals surface area contributed by atoms with Crippen LogP contribution >= 0.6 is 11.3 Å². The monoisotopic (exact) mass is 718 g/mol. The van der Waals surface area contributed by atoms with Gasteiger partial charge in [-0.3, -0.25) is 9.97 Å². The number of nitrogens with two attached hydrogens (primary N) is 1. The van der Waals surface area contributed by atoms with E-state index in [0.29, 0.717) is 68.1 Å². The van der Waals surface area contributed by atoms with Gasteiger partial charge in [0.2, 0.25) is 0 Å². The third-order valence-corrected chi connectivity index (χ3v) is 7.85. The maximum Gasteiger partial charge on any atom is 0.415 e. The third-order valence-electron chi connectivity index (χ3n) is 6.69. The van der Waals surface area contributed by atoms with E-state index in [-0.39, 0.29) is 11.4 Å². The summed E-state index contributed by atoms with van der Waals surface area (Å²) >= 11 is 1.36. The smallest absolute Gasteiger partial charge is 0.415 e. The quantitative estimate of drug-likeness (QED) is 0.0506. The molecule has 0 radical (unpaired) electrons. The number of halogens is 5. The molecule has 0 saturated heterocycles.